The van der Waals surface area contributed by atoms with Gasteiger partial charge in [-0.25, -0.2) is 0 Å². The predicted molar refractivity (Wildman–Crippen MR) is 73.0 cm³/mol. The fourth-order valence-electron chi connectivity index (χ4n) is 2.63. The maximum Gasteiger partial charge on any atom is 0.159 e. The third kappa shape index (κ3) is 3.05. The van der Waals surface area contributed by atoms with Crippen LogP contribution in [0.3, 0.4) is 0 Å². The van der Waals surface area contributed by atoms with E-state index in [4.69, 9.17) is 4.74 Å². The molecule has 2 rings (SSSR count). The zero-order valence-corrected chi connectivity index (χ0v) is 11.8. The molecule has 1 saturated carbocycles. The largest absolute Gasteiger partial charge is 0.493 e. The number of nitrogens with zero attached hydrogens (tertiary/aromatic N) is 2. The average molecular weight is 251 g/mol. The molecule has 1 aromatic rings. The van der Waals surface area contributed by atoms with Crippen molar-refractivity contribution in [3.8, 4) is 5.75 Å². The van der Waals surface area contributed by atoms with E-state index in [2.05, 4.69) is 29.1 Å². The van der Waals surface area contributed by atoms with E-state index in [0.29, 0.717) is 6.04 Å². The van der Waals surface area contributed by atoms with Crippen LogP contribution in [0.2, 0.25) is 0 Å². The lowest BCUT2D eigenvalue weighted by Crippen LogP contribution is -2.28. The van der Waals surface area contributed by atoms with Crippen molar-refractivity contribution in [3.63, 3.8) is 0 Å². The monoisotopic (exact) mass is 251 g/mol. The first kappa shape index (κ1) is 13.4. The number of nitrogens with one attached hydrogen (secondary N) is 1. The van der Waals surface area contributed by atoms with Crippen LogP contribution in [0.25, 0.3) is 0 Å². The summed E-state index contributed by atoms with van der Waals surface area (Å²) in [5.41, 5.74) is 1.25. The lowest BCUT2D eigenvalue weighted by molar-refractivity contribution is 0.400. The summed E-state index contributed by atoms with van der Waals surface area (Å²) in [6.07, 6.45) is 7.94. The molecule has 1 aliphatic rings. The van der Waals surface area contributed by atoms with Gasteiger partial charge in [0.05, 0.1) is 19.0 Å². The Labute approximate surface area is 110 Å². The molecule has 4 heteroatoms. The number of ether oxygens (including phenoxy) is 1. The van der Waals surface area contributed by atoms with Crippen molar-refractivity contribution in [1.82, 2.24) is 15.1 Å². The minimum atomic E-state index is 0.652. The number of rotatable bonds is 8. The Hall–Kier alpha value is -1.03. The fraction of sp³-hybridized carbons (Fsp3) is 0.786. The number of methoxy groups -OCH3 is 1. The molecule has 1 aliphatic carbocycles. The third-order valence-electron chi connectivity index (χ3n) is 3.82. The number of aromatic nitrogens is 2. The number of aryl methyl sites for hydroxylation is 1. The molecule has 0 amide bonds. The summed E-state index contributed by atoms with van der Waals surface area (Å²) in [6, 6.07) is 0.652. The highest BCUT2D eigenvalue weighted by Crippen LogP contribution is 2.34. The quantitative estimate of drug-likeness (QED) is 0.770. The average Bonchev–Trinajstić information content (AvgIpc) is 3.14. The molecule has 1 fully saturated rings. The van der Waals surface area contributed by atoms with Crippen molar-refractivity contribution in [3.05, 3.63) is 11.9 Å². The zero-order valence-electron chi connectivity index (χ0n) is 11.8. The van der Waals surface area contributed by atoms with E-state index < -0.39 is 0 Å². The molecule has 0 saturated heterocycles. The molecular formula is C14H25N3O. The van der Waals surface area contributed by atoms with E-state index in [1.807, 2.05) is 6.20 Å². The molecule has 0 aliphatic heterocycles. The van der Waals surface area contributed by atoms with E-state index >= 15 is 0 Å². The second kappa shape index (κ2) is 6.23. The summed E-state index contributed by atoms with van der Waals surface area (Å²) in [6.45, 7) is 3.16. The minimum Gasteiger partial charge on any atom is -0.493 e. The van der Waals surface area contributed by atoms with Gasteiger partial charge in [0.15, 0.2) is 5.75 Å². The van der Waals surface area contributed by atoms with Crippen molar-refractivity contribution >= 4 is 0 Å². The van der Waals surface area contributed by atoms with Crippen LogP contribution < -0.4 is 10.1 Å². The van der Waals surface area contributed by atoms with Gasteiger partial charge in [-0.2, -0.15) is 5.10 Å². The van der Waals surface area contributed by atoms with E-state index in [9.17, 15) is 0 Å². The molecule has 0 radical (unpaired) electrons. The molecule has 1 aromatic heterocycles. The summed E-state index contributed by atoms with van der Waals surface area (Å²) >= 11 is 0. The van der Waals surface area contributed by atoms with Crippen LogP contribution in [0.1, 0.15) is 38.3 Å². The molecule has 102 valence electrons. The molecule has 1 heterocycles. The van der Waals surface area contributed by atoms with Crippen molar-refractivity contribution in [1.29, 1.82) is 0 Å². The molecule has 0 spiro atoms. The molecular weight excluding hydrogens is 226 g/mol. The van der Waals surface area contributed by atoms with Crippen LogP contribution in [-0.4, -0.2) is 30.0 Å². The maximum absolute atomic E-state index is 5.41. The summed E-state index contributed by atoms with van der Waals surface area (Å²) < 4.78 is 7.51. The van der Waals surface area contributed by atoms with Gasteiger partial charge in [-0.1, -0.05) is 6.92 Å². The smallest absolute Gasteiger partial charge is 0.159 e. The first-order chi connectivity index (χ1) is 8.80. The predicted octanol–water partition coefficient (Wildman–Crippen LogP) is 2.23. The van der Waals surface area contributed by atoms with Crippen molar-refractivity contribution in [2.24, 2.45) is 5.92 Å². The Morgan fingerprint density at radius 2 is 2.33 bits per heavy atom. The van der Waals surface area contributed by atoms with Crippen LogP contribution in [0, 0.1) is 5.92 Å². The molecule has 0 aromatic carbocycles. The Morgan fingerprint density at radius 1 is 1.56 bits per heavy atom. The van der Waals surface area contributed by atoms with Crippen LogP contribution in [0.5, 0.6) is 5.75 Å². The van der Waals surface area contributed by atoms with Crippen molar-refractivity contribution < 1.29 is 4.74 Å². The normalized spacial score (nSPS) is 16.8. The van der Waals surface area contributed by atoms with Crippen LogP contribution in [-0.2, 0) is 13.0 Å². The highest BCUT2D eigenvalue weighted by atomic mass is 16.5. The van der Waals surface area contributed by atoms with Gasteiger partial charge in [-0.15, -0.1) is 0 Å². The Morgan fingerprint density at radius 3 is 2.89 bits per heavy atom. The maximum atomic E-state index is 5.41. The van der Waals surface area contributed by atoms with E-state index in [-0.39, 0.29) is 0 Å². The summed E-state index contributed by atoms with van der Waals surface area (Å²) in [5, 5.41) is 7.86. The van der Waals surface area contributed by atoms with Gasteiger partial charge in [0.25, 0.3) is 0 Å². The zero-order chi connectivity index (χ0) is 13.0. The minimum absolute atomic E-state index is 0.652. The van der Waals surface area contributed by atoms with Gasteiger partial charge in [-0.05, 0) is 45.1 Å². The van der Waals surface area contributed by atoms with Crippen molar-refractivity contribution in [2.45, 2.75) is 51.6 Å². The van der Waals surface area contributed by atoms with Gasteiger partial charge in [0.2, 0.25) is 0 Å². The first-order valence-electron chi connectivity index (χ1n) is 7.06. The van der Waals surface area contributed by atoms with E-state index in [0.717, 1.165) is 31.1 Å². The van der Waals surface area contributed by atoms with Gasteiger partial charge < -0.3 is 10.1 Å². The van der Waals surface area contributed by atoms with Crippen LogP contribution >= 0.6 is 0 Å². The Bertz CT molecular complexity index is 371. The van der Waals surface area contributed by atoms with E-state index in [1.165, 1.54) is 25.0 Å². The highest BCUT2D eigenvalue weighted by Gasteiger charge is 2.30. The second-order valence-electron chi connectivity index (χ2n) is 5.15. The van der Waals surface area contributed by atoms with Crippen LogP contribution in [0.15, 0.2) is 6.20 Å². The topological polar surface area (TPSA) is 39.1 Å². The second-order valence-corrected chi connectivity index (χ2v) is 5.15. The fourth-order valence-corrected chi connectivity index (χ4v) is 2.63. The highest BCUT2D eigenvalue weighted by molar-refractivity contribution is 5.25. The third-order valence-corrected chi connectivity index (χ3v) is 3.82. The van der Waals surface area contributed by atoms with Crippen molar-refractivity contribution in [2.75, 3.05) is 14.2 Å². The van der Waals surface area contributed by atoms with E-state index in [1.54, 1.807) is 7.11 Å². The number of hydrogen-bond acceptors (Lipinski definition) is 3. The lowest BCUT2D eigenvalue weighted by Gasteiger charge is -2.16. The molecule has 1 N–H and O–H groups in total. The summed E-state index contributed by atoms with van der Waals surface area (Å²) in [7, 11) is 3.80. The standard InChI is InChI=1S/C14H25N3O/c1-4-9-17-13(14(18-3)10-16-17)8-7-12(15-2)11-5-6-11/h10-12,15H,4-9H2,1-3H3. The van der Waals surface area contributed by atoms with Gasteiger partial charge in [0, 0.05) is 12.6 Å². The molecule has 18 heavy (non-hydrogen) atoms. The molecule has 1 unspecified atom stereocenters. The lowest BCUT2D eigenvalue weighted by atomic mass is 10.1. The number of hydrogen-bond donors (Lipinski definition) is 1. The van der Waals surface area contributed by atoms with Gasteiger partial charge >= 0.3 is 0 Å². The Kier molecular flexibility index (Phi) is 4.64. The first-order valence-corrected chi connectivity index (χ1v) is 7.06. The SMILES string of the molecule is CCCn1ncc(OC)c1CCC(NC)C1CC1. The Balaban J connectivity index is 1.99. The molecule has 4 nitrogen and oxygen atoms in total. The van der Waals surface area contributed by atoms with Crippen LogP contribution in [0.4, 0.5) is 0 Å². The van der Waals surface area contributed by atoms with Gasteiger partial charge in [0.1, 0.15) is 0 Å². The molecule has 0 bridgehead atoms. The van der Waals surface area contributed by atoms with Gasteiger partial charge in [-0.3, -0.25) is 4.68 Å². The summed E-state index contributed by atoms with van der Waals surface area (Å²) in [4.78, 5) is 0. The summed E-state index contributed by atoms with van der Waals surface area (Å²) in [5.74, 6) is 1.83. The molecule has 1 atom stereocenters.